The lowest BCUT2D eigenvalue weighted by Gasteiger charge is -2.26. The third-order valence-electron chi connectivity index (χ3n) is 4.03. The summed E-state index contributed by atoms with van der Waals surface area (Å²) in [7, 11) is 0. The highest BCUT2D eigenvalue weighted by molar-refractivity contribution is 7.98. The third kappa shape index (κ3) is 9.89. The normalized spacial score (nSPS) is 14.9. The second-order valence-electron chi connectivity index (χ2n) is 6.86. The minimum atomic E-state index is -1.57. The summed E-state index contributed by atoms with van der Waals surface area (Å²) in [6.07, 6.45) is 1.41. The van der Waals surface area contributed by atoms with Crippen LogP contribution in [0.1, 0.15) is 26.7 Å². The van der Waals surface area contributed by atoms with Crippen molar-refractivity contribution in [1.29, 1.82) is 0 Å². The molecule has 0 fully saturated rings. The number of rotatable bonds is 14. The van der Waals surface area contributed by atoms with E-state index in [0.29, 0.717) is 12.2 Å². The molecular weight excluding hydrogens is 420 g/mol. The van der Waals surface area contributed by atoms with Crippen molar-refractivity contribution in [2.75, 3.05) is 18.6 Å². The number of carbonyl (C=O) groups excluding carboxylic acids is 3. The molecule has 0 aromatic heterocycles. The van der Waals surface area contributed by atoms with Crippen LogP contribution in [0.4, 0.5) is 0 Å². The van der Waals surface area contributed by atoms with E-state index in [9.17, 15) is 24.0 Å². The maximum Gasteiger partial charge on any atom is 0.328 e. The Morgan fingerprint density at radius 3 is 1.93 bits per heavy atom. The topological polar surface area (TPSA) is 208 Å². The van der Waals surface area contributed by atoms with Gasteiger partial charge in [-0.1, -0.05) is 13.8 Å². The van der Waals surface area contributed by atoms with Gasteiger partial charge in [0.2, 0.25) is 17.7 Å². The van der Waals surface area contributed by atoms with Gasteiger partial charge in [-0.25, -0.2) is 4.79 Å². The van der Waals surface area contributed by atoms with Crippen LogP contribution in [-0.2, 0) is 24.0 Å². The van der Waals surface area contributed by atoms with Crippen molar-refractivity contribution in [2.24, 2.45) is 11.7 Å². The molecule has 0 rings (SSSR count). The van der Waals surface area contributed by atoms with Crippen LogP contribution in [0.15, 0.2) is 0 Å². The highest BCUT2D eigenvalue weighted by atomic mass is 32.2. The number of carboxylic acid groups (broad SMARTS) is 2. The van der Waals surface area contributed by atoms with E-state index in [1.165, 1.54) is 11.8 Å². The monoisotopic (exact) mass is 450 g/mol. The molecule has 0 aliphatic rings. The van der Waals surface area contributed by atoms with Crippen LogP contribution in [0.5, 0.6) is 0 Å². The number of thioether (sulfide) groups is 1. The Labute approximate surface area is 178 Å². The number of carboxylic acids is 2. The molecule has 0 radical (unpaired) electrons. The van der Waals surface area contributed by atoms with Crippen LogP contribution in [0.2, 0.25) is 0 Å². The van der Waals surface area contributed by atoms with E-state index >= 15 is 0 Å². The Balaban J connectivity index is 5.31. The zero-order chi connectivity index (χ0) is 23.4. The van der Waals surface area contributed by atoms with Gasteiger partial charge in [-0.3, -0.25) is 19.2 Å². The van der Waals surface area contributed by atoms with Gasteiger partial charge in [0.05, 0.1) is 19.1 Å². The molecule has 4 atom stereocenters. The summed E-state index contributed by atoms with van der Waals surface area (Å²) in [4.78, 5) is 59.2. The van der Waals surface area contributed by atoms with E-state index < -0.39 is 72.8 Å². The Morgan fingerprint density at radius 1 is 0.933 bits per heavy atom. The first-order chi connectivity index (χ1) is 13.9. The summed E-state index contributed by atoms with van der Waals surface area (Å²) in [5, 5.41) is 33.7. The second-order valence-corrected chi connectivity index (χ2v) is 7.84. The molecule has 13 heteroatoms. The Hall–Kier alpha value is -2.38. The number of aliphatic hydroxyl groups is 1. The molecule has 12 nitrogen and oxygen atoms in total. The molecule has 172 valence electrons. The quantitative estimate of drug-likeness (QED) is 0.151. The molecular formula is C17H30N4O8S. The predicted molar refractivity (Wildman–Crippen MR) is 109 cm³/mol. The zero-order valence-electron chi connectivity index (χ0n) is 17.1. The summed E-state index contributed by atoms with van der Waals surface area (Å²) in [6, 6.07) is -5.23. The van der Waals surface area contributed by atoms with Gasteiger partial charge in [-0.05, 0) is 24.3 Å². The van der Waals surface area contributed by atoms with Gasteiger partial charge in [-0.15, -0.1) is 0 Å². The molecule has 0 heterocycles. The van der Waals surface area contributed by atoms with Gasteiger partial charge in [0.25, 0.3) is 0 Å². The van der Waals surface area contributed by atoms with Gasteiger partial charge < -0.3 is 37.0 Å². The van der Waals surface area contributed by atoms with E-state index in [1.807, 2.05) is 6.26 Å². The Morgan fingerprint density at radius 2 is 1.50 bits per heavy atom. The number of nitrogens with two attached hydrogens (primary N) is 1. The molecule has 4 unspecified atom stereocenters. The summed E-state index contributed by atoms with van der Waals surface area (Å²) >= 11 is 1.47. The highest BCUT2D eigenvalue weighted by Gasteiger charge is 2.32. The predicted octanol–water partition coefficient (Wildman–Crippen LogP) is -2.27. The number of aliphatic hydroxyl groups excluding tert-OH is 1. The molecule has 30 heavy (non-hydrogen) atoms. The molecule has 0 aromatic carbocycles. The van der Waals surface area contributed by atoms with Crippen LogP contribution >= 0.6 is 11.8 Å². The fourth-order valence-electron chi connectivity index (χ4n) is 2.27. The fraction of sp³-hybridized carbons (Fsp3) is 0.706. The molecule has 0 bridgehead atoms. The largest absolute Gasteiger partial charge is 0.481 e. The highest BCUT2D eigenvalue weighted by Crippen LogP contribution is 2.06. The van der Waals surface area contributed by atoms with Crippen molar-refractivity contribution in [2.45, 2.75) is 50.9 Å². The van der Waals surface area contributed by atoms with Crippen LogP contribution < -0.4 is 21.7 Å². The smallest absolute Gasteiger partial charge is 0.328 e. The van der Waals surface area contributed by atoms with E-state index in [2.05, 4.69) is 16.0 Å². The van der Waals surface area contributed by atoms with Crippen LogP contribution in [-0.4, -0.2) is 87.8 Å². The lowest BCUT2D eigenvalue weighted by molar-refractivity contribution is -0.144. The van der Waals surface area contributed by atoms with Crippen LogP contribution in [0.25, 0.3) is 0 Å². The summed E-state index contributed by atoms with van der Waals surface area (Å²) in [6.45, 7) is 2.29. The Bertz CT molecular complexity index is 631. The minimum Gasteiger partial charge on any atom is -0.481 e. The van der Waals surface area contributed by atoms with Crippen molar-refractivity contribution in [3.05, 3.63) is 0 Å². The maximum absolute atomic E-state index is 12.6. The van der Waals surface area contributed by atoms with Gasteiger partial charge in [-0.2, -0.15) is 11.8 Å². The van der Waals surface area contributed by atoms with E-state index in [-0.39, 0.29) is 0 Å². The molecule has 0 aliphatic carbocycles. The zero-order valence-corrected chi connectivity index (χ0v) is 17.9. The number of nitrogens with one attached hydrogen (secondary N) is 3. The molecule has 0 saturated carbocycles. The van der Waals surface area contributed by atoms with Gasteiger partial charge in [0.1, 0.15) is 18.1 Å². The Kier molecular flexibility index (Phi) is 12.7. The molecule has 0 spiro atoms. The van der Waals surface area contributed by atoms with Gasteiger partial charge in [0, 0.05) is 0 Å². The van der Waals surface area contributed by atoms with Crippen molar-refractivity contribution in [3.63, 3.8) is 0 Å². The average Bonchev–Trinajstić information content (AvgIpc) is 2.66. The molecule has 0 saturated heterocycles. The average molecular weight is 451 g/mol. The minimum absolute atomic E-state index is 0.323. The first-order valence-electron chi connectivity index (χ1n) is 9.15. The van der Waals surface area contributed by atoms with Crippen LogP contribution in [0, 0.1) is 5.92 Å². The van der Waals surface area contributed by atoms with Crippen molar-refractivity contribution in [1.82, 2.24) is 16.0 Å². The number of carbonyl (C=O) groups is 5. The first-order valence-corrected chi connectivity index (χ1v) is 10.5. The van der Waals surface area contributed by atoms with Crippen molar-refractivity contribution < 1.29 is 39.3 Å². The summed E-state index contributed by atoms with van der Waals surface area (Å²) < 4.78 is 0. The molecule has 8 N–H and O–H groups in total. The third-order valence-corrected chi connectivity index (χ3v) is 4.67. The molecule has 3 amide bonds. The summed E-state index contributed by atoms with van der Waals surface area (Å²) in [5.74, 6) is -5.26. The second kappa shape index (κ2) is 13.8. The summed E-state index contributed by atoms with van der Waals surface area (Å²) in [5.41, 5.74) is 5.73. The number of amides is 3. The van der Waals surface area contributed by atoms with Crippen LogP contribution in [0.3, 0.4) is 0 Å². The van der Waals surface area contributed by atoms with Crippen molar-refractivity contribution >= 4 is 41.4 Å². The SMILES string of the molecule is CSCCC(N)C(=O)NC(CC(=O)O)C(=O)NC(C(=O)NC(CO)C(=O)O)C(C)C. The fourth-order valence-corrected chi connectivity index (χ4v) is 2.76. The van der Waals surface area contributed by atoms with E-state index in [0.717, 1.165) is 0 Å². The van der Waals surface area contributed by atoms with Gasteiger partial charge >= 0.3 is 11.9 Å². The number of aliphatic carboxylic acids is 2. The van der Waals surface area contributed by atoms with Gasteiger partial charge in [0.15, 0.2) is 0 Å². The molecule has 0 aromatic rings. The standard InChI is InChI=1S/C17H30N4O8S/c1-8(2)13(16(27)20-11(7-22)17(28)29)21-15(26)10(6-12(23)24)19-14(25)9(18)4-5-30-3/h8-11,13,22H,4-7,18H2,1-3H3,(H,19,25)(H,20,27)(H,21,26)(H,23,24)(H,28,29). The van der Waals surface area contributed by atoms with E-state index in [1.54, 1.807) is 13.8 Å². The number of hydrogen-bond donors (Lipinski definition) is 7. The lowest BCUT2D eigenvalue weighted by atomic mass is 10.0. The number of hydrogen-bond acceptors (Lipinski definition) is 8. The first kappa shape index (κ1) is 27.6. The maximum atomic E-state index is 12.6. The van der Waals surface area contributed by atoms with Crippen molar-refractivity contribution in [3.8, 4) is 0 Å². The van der Waals surface area contributed by atoms with E-state index in [4.69, 9.17) is 21.1 Å². The molecule has 0 aliphatic heterocycles. The lowest BCUT2D eigenvalue weighted by Crippen LogP contribution is -2.59.